The van der Waals surface area contributed by atoms with Crippen molar-refractivity contribution < 1.29 is 22.3 Å². The van der Waals surface area contributed by atoms with E-state index in [1.807, 2.05) is 31.2 Å². The molecule has 3 aromatic rings. The summed E-state index contributed by atoms with van der Waals surface area (Å²) in [4.78, 5) is 0. The first-order valence-electron chi connectivity index (χ1n) is 8.72. The molecule has 2 aromatic carbocycles. The largest absolute Gasteiger partial charge is 0.490 e. The number of benzene rings is 2. The molecular formula is C20H18F3N3O2S. The SMILES string of the molecule is CCOc1cccc2cc(/C(C)=N/NC(=S)Nc3cccc(C(F)(F)F)c3)oc12. The number of nitrogens with one attached hydrogen (secondary N) is 2. The van der Waals surface area contributed by atoms with E-state index >= 15 is 0 Å². The van der Waals surface area contributed by atoms with Crippen molar-refractivity contribution >= 4 is 39.7 Å². The number of hydrogen-bond donors (Lipinski definition) is 2. The van der Waals surface area contributed by atoms with Crippen molar-refractivity contribution in [3.8, 4) is 5.75 Å². The number of halogens is 3. The predicted molar refractivity (Wildman–Crippen MR) is 110 cm³/mol. The van der Waals surface area contributed by atoms with E-state index in [-0.39, 0.29) is 10.8 Å². The minimum atomic E-state index is -4.43. The molecule has 0 saturated carbocycles. The molecule has 1 heterocycles. The zero-order valence-electron chi connectivity index (χ0n) is 15.6. The summed E-state index contributed by atoms with van der Waals surface area (Å²) in [7, 11) is 0. The van der Waals surface area contributed by atoms with Crippen molar-refractivity contribution in [1.29, 1.82) is 0 Å². The molecular weight excluding hydrogens is 403 g/mol. The molecule has 152 valence electrons. The molecule has 0 aliphatic rings. The van der Waals surface area contributed by atoms with Gasteiger partial charge in [-0.1, -0.05) is 18.2 Å². The van der Waals surface area contributed by atoms with Crippen molar-refractivity contribution in [2.45, 2.75) is 20.0 Å². The van der Waals surface area contributed by atoms with Crippen LogP contribution in [0.25, 0.3) is 11.0 Å². The van der Waals surface area contributed by atoms with Gasteiger partial charge in [-0.2, -0.15) is 18.3 Å². The van der Waals surface area contributed by atoms with Gasteiger partial charge in [0.05, 0.1) is 12.2 Å². The van der Waals surface area contributed by atoms with Crippen LogP contribution in [0.2, 0.25) is 0 Å². The summed E-state index contributed by atoms with van der Waals surface area (Å²) >= 11 is 5.10. The molecule has 0 bridgehead atoms. The Labute approximate surface area is 170 Å². The van der Waals surface area contributed by atoms with Crippen LogP contribution in [-0.4, -0.2) is 17.4 Å². The lowest BCUT2D eigenvalue weighted by molar-refractivity contribution is -0.137. The lowest BCUT2D eigenvalue weighted by Gasteiger charge is -2.11. The van der Waals surface area contributed by atoms with Crippen LogP contribution in [-0.2, 0) is 6.18 Å². The van der Waals surface area contributed by atoms with Gasteiger partial charge in [0.15, 0.2) is 22.2 Å². The van der Waals surface area contributed by atoms with Crippen molar-refractivity contribution in [1.82, 2.24) is 5.43 Å². The van der Waals surface area contributed by atoms with E-state index in [9.17, 15) is 13.2 Å². The lowest BCUT2D eigenvalue weighted by Crippen LogP contribution is -2.25. The average molecular weight is 421 g/mol. The van der Waals surface area contributed by atoms with Crippen LogP contribution >= 0.6 is 12.2 Å². The van der Waals surface area contributed by atoms with Crippen LogP contribution in [0.1, 0.15) is 25.2 Å². The second-order valence-electron chi connectivity index (χ2n) is 6.06. The molecule has 0 atom stereocenters. The Balaban J connectivity index is 1.70. The number of thiocarbonyl (C=S) groups is 1. The van der Waals surface area contributed by atoms with Crippen LogP contribution in [0.4, 0.5) is 18.9 Å². The monoisotopic (exact) mass is 421 g/mol. The highest BCUT2D eigenvalue weighted by Gasteiger charge is 2.30. The highest BCUT2D eigenvalue weighted by molar-refractivity contribution is 7.80. The maximum Gasteiger partial charge on any atom is 0.416 e. The number of rotatable bonds is 5. The summed E-state index contributed by atoms with van der Waals surface area (Å²) in [6, 6.07) is 12.1. The summed E-state index contributed by atoms with van der Waals surface area (Å²) in [6.45, 7) is 4.12. The predicted octanol–water partition coefficient (Wildman–Crippen LogP) is 5.56. The Kier molecular flexibility index (Phi) is 6.07. The van der Waals surface area contributed by atoms with E-state index in [0.29, 0.717) is 29.4 Å². The Morgan fingerprint density at radius 3 is 2.66 bits per heavy atom. The molecule has 0 radical (unpaired) electrons. The lowest BCUT2D eigenvalue weighted by atomic mass is 10.2. The molecule has 0 saturated heterocycles. The van der Waals surface area contributed by atoms with E-state index in [1.165, 1.54) is 12.1 Å². The van der Waals surface area contributed by atoms with E-state index in [0.717, 1.165) is 17.5 Å². The first-order chi connectivity index (χ1) is 13.8. The fourth-order valence-electron chi connectivity index (χ4n) is 2.61. The number of anilines is 1. The second-order valence-corrected chi connectivity index (χ2v) is 6.47. The van der Waals surface area contributed by atoms with Gasteiger partial charge >= 0.3 is 6.18 Å². The van der Waals surface area contributed by atoms with Crippen LogP contribution in [0.5, 0.6) is 5.75 Å². The Morgan fingerprint density at radius 2 is 1.93 bits per heavy atom. The van der Waals surface area contributed by atoms with Crippen LogP contribution in [0, 0.1) is 0 Å². The number of hydrogen-bond acceptors (Lipinski definition) is 4. The van der Waals surface area contributed by atoms with E-state index in [2.05, 4.69) is 15.8 Å². The number of ether oxygens (including phenoxy) is 1. The molecule has 0 amide bonds. The van der Waals surface area contributed by atoms with Gasteiger partial charge in [0.25, 0.3) is 0 Å². The average Bonchev–Trinajstić information content (AvgIpc) is 3.11. The number of fused-ring (bicyclic) bond motifs is 1. The number of nitrogens with zero attached hydrogens (tertiary/aromatic N) is 1. The zero-order chi connectivity index (χ0) is 21.0. The molecule has 0 aliphatic carbocycles. The smallest absolute Gasteiger partial charge is 0.416 e. The van der Waals surface area contributed by atoms with Crippen LogP contribution in [0.3, 0.4) is 0 Å². The Morgan fingerprint density at radius 1 is 1.17 bits per heavy atom. The quantitative estimate of drug-likeness (QED) is 0.321. The van der Waals surface area contributed by atoms with Gasteiger partial charge in [-0.3, -0.25) is 5.43 Å². The third kappa shape index (κ3) is 5.05. The second kappa shape index (κ2) is 8.52. The molecule has 2 N–H and O–H groups in total. The first kappa shape index (κ1) is 20.7. The van der Waals surface area contributed by atoms with E-state index in [1.54, 1.807) is 6.92 Å². The zero-order valence-corrected chi connectivity index (χ0v) is 16.4. The summed E-state index contributed by atoms with van der Waals surface area (Å²) in [5.41, 5.74) is 3.17. The molecule has 0 spiro atoms. The molecule has 5 nitrogen and oxygen atoms in total. The third-order valence-corrected chi connectivity index (χ3v) is 4.13. The van der Waals surface area contributed by atoms with Gasteiger partial charge in [0.1, 0.15) is 5.71 Å². The highest BCUT2D eigenvalue weighted by Crippen LogP contribution is 2.31. The van der Waals surface area contributed by atoms with Gasteiger partial charge < -0.3 is 14.5 Å². The van der Waals surface area contributed by atoms with Gasteiger partial charge in [0, 0.05) is 11.1 Å². The summed E-state index contributed by atoms with van der Waals surface area (Å²) in [5, 5.41) is 7.73. The number of para-hydroxylation sites is 1. The molecule has 0 fully saturated rings. The molecule has 1 aromatic heterocycles. The van der Waals surface area contributed by atoms with Crippen molar-refractivity contribution in [2.24, 2.45) is 5.10 Å². The Bertz CT molecular complexity index is 1060. The van der Waals surface area contributed by atoms with E-state index < -0.39 is 11.7 Å². The fraction of sp³-hybridized carbons (Fsp3) is 0.200. The van der Waals surface area contributed by atoms with E-state index in [4.69, 9.17) is 21.4 Å². The summed E-state index contributed by atoms with van der Waals surface area (Å²) in [6.07, 6.45) is -4.43. The highest BCUT2D eigenvalue weighted by atomic mass is 32.1. The number of alkyl halides is 3. The van der Waals surface area contributed by atoms with Gasteiger partial charge in [-0.05, 0) is 56.4 Å². The number of furan rings is 1. The minimum absolute atomic E-state index is 0.0507. The van der Waals surface area contributed by atoms with Crippen LogP contribution in [0.15, 0.2) is 58.0 Å². The topological polar surface area (TPSA) is 58.8 Å². The fourth-order valence-corrected chi connectivity index (χ4v) is 2.77. The maximum absolute atomic E-state index is 12.8. The summed E-state index contributed by atoms with van der Waals surface area (Å²) < 4.78 is 49.8. The molecule has 0 aliphatic heterocycles. The van der Waals surface area contributed by atoms with Crippen molar-refractivity contribution in [3.05, 3.63) is 59.9 Å². The van der Waals surface area contributed by atoms with Gasteiger partial charge in [-0.25, -0.2) is 0 Å². The standard InChI is InChI=1S/C20H18F3N3O2S/c1-3-27-16-9-4-6-13-10-17(28-18(13)16)12(2)25-26-19(29)24-15-8-5-7-14(11-15)20(21,22)23/h4-11H,3H2,1-2H3,(H2,24,26,29)/b25-12+. The molecule has 29 heavy (non-hydrogen) atoms. The molecule has 0 unspecified atom stereocenters. The van der Waals surface area contributed by atoms with Crippen molar-refractivity contribution in [3.63, 3.8) is 0 Å². The Hall–Kier alpha value is -3.07. The molecule has 9 heteroatoms. The normalized spacial score (nSPS) is 12.1. The third-order valence-electron chi connectivity index (χ3n) is 3.94. The van der Waals surface area contributed by atoms with Gasteiger partial charge in [-0.15, -0.1) is 0 Å². The first-order valence-corrected chi connectivity index (χ1v) is 9.13. The minimum Gasteiger partial charge on any atom is -0.490 e. The maximum atomic E-state index is 12.8. The van der Waals surface area contributed by atoms with Crippen LogP contribution < -0.4 is 15.5 Å². The molecule has 3 rings (SSSR count). The van der Waals surface area contributed by atoms with Gasteiger partial charge in [0.2, 0.25) is 0 Å². The number of hydrazone groups is 1. The van der Waals surface area contributed by atoms with Crippen molar-refractivity contribution in [2.75, 3.05) is 11.9 Å². The summed E-state index contributed by atoms with van der Waals surface area (Å²) in [5.74, 6) is 1.15.